The minimum atomic E-state index is 0.859. The number of furan rings is 1. The van der Waals surface area contributed by atoms with Gasteiger partial charge in [0.1, 0.15) is 5.58 Å². The molecule has 0 unspecified atom stereocenters. The fraction of sp³-hybridized carbons (Fsp3) is 0. The fourth-order valence-electron chi connectivity index (χ4n) is 9.22. The molecule has 10 aromatic carbocycles. The second-order valence-electron chi connectivity index (χ2n) is 14.9. The summed E-state index contributed by atoms with van der Waals surface area (Å²) >= 11 is 0. The molecule has 266 valence electrons. The van der Waals surface area contributed by atoms with Crippen LogP contribution in [0.1, 0.15) is 0 Å². The van der Waals surface area contributed by atoms with Gasteiger partial charge in [0.15, 0.2) is 5.58 Å². The Kier molecular flexibility index (Phi) is 6.93. The van der Waals surface area contributed by atoms with Crippen LogP contribution in [0.2, 0.25) is 0 Å². The van der Waals surface area contributed by atoms with Crippen LogP contribution in [0.15, 0.2) is 211 Å². The molecule has 57 heavy (non-hydrogen) atoms. The molecule has 0 amide bonds. The molecule has 2 heterocycles. The topological polar surface area (TPSA) is 21.3 Å². The maximum atomic E-state index is 7.03. The largest absolute Gasteiger partial charge is 0.453 e. The van der Waals surface area contributed by atoms with Crippen molar-refractivity contribution >= 4 is 93.1 Å². The Bertz CT molecular complexity index is 3520. The van der Waals surface area contributed by atoms with Crippen LogP contribution in [0.3, 0.4) is 0 Å². The standard InChI is InChI=1S/C54H34N2O/c1-2-16-38(17-3-1)55-48-24-11-10-22-46(48)52-49(55)25-13-26-50(52)56(51-27-12-23-44-45-33-30-35-14-4-7-19-41(35)53(45)57-54(44)51)39-31-28-36(29-32-39)47-34-37-15-5-6-18-40(37)42-20-8-9-21-43(42)47/h1-34H. The molecule has 0 aliphatic carbocycles. The second kappa shape index (κ2) is 12.5. The molecule has 0 aliphatic heterocycles. The van der Waals surface area contributed by atoms with Gasteiger partial charge < -0.3 is 13.9 Å². The third kappa shape index (κ3) is 4.79. The van der Waals surface area contributed by atoms with Crippen molar-refractivity contribution in [3.8, 4) is 16.8 Å². The van der Waals surface area contributed by atoms with E-state index in [4.69, 9.17) is 4.42 Å². The lowest BCUT2D eigenvalue weighted by atomic mass is 9.93. The van der Waals surface area contributed by atoms with Crippen molar-refractivity contribution in [3.05, 3.63) is 206 Å². The zero-order chi connectivity index (χ0) is 37.5. The highest BCUT2D eigenvalue weighted by Crippen LogP contribution is 2.48. The van der Waals surface area contributed by atoms with Crippen LogP contribution in [0.25, 0.3) is 92.9 Å². The number of hydrogen-bond donors (Lipinski definition) is 0. The van der Waals surface area contributed by atoms with E-state index in [9.17, 15) is 0 Å². The van der Waals surface area contributed by atoms with E-state index >= 15 is 0 Å². The quantitative estimate of drug-likeness (QED) is 0.165. The third-order valence-corrected chi connectivity index (χ3v) is 11.7. The number of nitrogens with zero attached hydrogens (tertiary/aromatic N) is 2. The summed E-state index contributed by atoms with van der Waals surface area (Å²) in [4.78, 5) is 2.40. The first-order chi connectivity index (χ1) is 28.3. The highest BCUT2D eigenvalue weighted by Gasteiger charge is 2.24. The van der Waals surface area contributed by atoms with E-state index in [0.29, 0.717) is 0 Å². The molecule has 0 saturated carbocycles. The maximum Gasteiger partial charge on any atom is 0.159 e. The molecule has 3 nitrogen and oxygen atoms in total. The van der Waals surface area contributed by atoms with Crippen molar-refractivity contribution in [2.45, 2.75) is 0 Å². The molecule has 0 bridgehead atoms. The van der Waals surface area contributed by atoms with Crippen molar-refractivity contribution in [2.24, 2.45) is 0 Å². The van der Waals surface area contributed by atoms with Crippen LogP contribution < -0.4 is 4.90 Å². The minimum absolute atomic E-state index is 0.859. The molecule has 0 radical (unpaired) electrons. The SMILES string of the molecule is c1ccc(-n2c3ccccc3c3c(N(c4ccc(-c5cc6ccccc6c6ccccc56)cc4)c4cccc5c4oc4c6ccccc6ccc54)cccc32)cc1. The number of para-hydroxylation sites is 3. The Morgan fingerprint density at radius 3 is 1.82 bits per heavy atom. The normalized spacial score (nSPS) is 11.9. The molecule has 12 aromatic rings. The lowest BCUT2D eigenvalue weighted by molar-refractivity contribution is 0.673. The molecular formula is C54H34N2O. The zero-order valence-corrected chi connectivity index (χ0v) is 30.9. The van der Waals surface area contributed by atoms with Gasteiger partial charge in [0.25, 0.3) is 0 Å². The minimum Gasteiger partial charge on any atom is -0.453 e. The summed E-state index contributed by atoms with van der Waals surface area (Å²) in [5.74, 6) is 0. The molecular weight excluding hydrogens is 693 g/mol. The first-order valence-corrected chi connectivity index (χ1v) is 19.5. The molecule has 0 aliphatic rings. The van der Waals surface area contributed by atoms with Crippen molar-refractivity contribution in [1.29, 1.82) is 0 Å². The summed E-state index contributed by atoms with van der Waals surface area (Å²) < 4.78 is 9.41. The van der Waals surface area contributed by atoms with Crippen LogP contribution in [-0.4, -0.2) is 4.57 Å². The third-order valence-electron chi connectivity index (χ3n) is 11.7. The molecule has 12 rings (SSSR count). The van der Waals surface area contributed by atoms with E-state index in [1.54, 1.807) is 0 Å². The van der Waals surface area contributed by atoms with Gasteiger partial charge in [-0.2, -0.15) is 0 Å². The lowest BCUT2D eigenvalue weighted by Gasteiger charge is -2.27. The summed E-state index contributed by atoms with van der Waals surface area (Å²) in [5, 5.41) is 11.9. The van der Waals surface area contributed by atoms with Gasteiger partial charge in [0.05, 0.1) is 22.4 Å². The monoisotopic (exact) mass is 726 g/mol. The summed E-state index contributed by atoms with van der Waals surface area (Å²) in [5.41, 5.74) is 10.7. The number of benzene rings is 10. The van der Waals surface area contributed by atoms with Gasteiger partial charge in [-0.15, -0.1) is 0 Å². The summed E-state index contributed by atoms with van der Waals surface area (Å²) in [6.07, 6.45) is 0. The van der Waals surface area contributed by atoms with Crippen molar-refractivity contribution < 1.29 is 4.42 Å². The van der Waals surface area contributed by atoms with Crippen LogP contribution >= 0.6 is 0 Å². The van der Waals surface area contributed by atoms with Gasteiger partial charge in [-0.25, -0.2) is 0 Å². The van der Waals surface area contributed by atoms with Crippen LogP contribution in [0.4, 0.5) is 17.1 Å². The Hall–Kier alpha value is -7.62. The number of rotatable bonds is 5. The van der Waals surface area contributed by atoms with Gasteiger partial charge in [-0.1, -0.05) is 146 Å². The van der Waals surface area contributed by atoms with Crippen molar-refractivity contribution in [2.75, 3.05) is 4.90 Å². The summed E-state index contributed by atoms with van der Waals surface area (Å²) in [6.45, 7) is 0. The highest BCUT2D eigenvalue weighted by atomic mass is 16.3. The van der Waals surface area contributed by atoms with E-state index < -0.39 is 0 Å². The number of aromatic nitrogens is 1. The Morgan fingerprint density at radius 2 is 0.982 bits per heavy atom. The van der Waals surface area contributed by atoms with Crippen molar-refractivity contribution in [3.63, 3.8) is 0 Å². The Morgan fingerprint density at radius 1 is 0.368 bits per heavy atom. The van der Waals surface area contributed by atoms with E-state index in [1.165, 1.54) is 43.4 Å². The van der Waals surface area contributed by atoms with Crippen LogP contribution in [-0.2, 0) is 0 Å². The average molecular weight is 727 g/mol. The molecule has 2 aromatic heterocycles. The number of hydrogen-bond acceptors (Lipinski definition) is 2. The van der Waals surface area contributed by atoms with Gasteiger partial charge in [-0.05, 0) is 98.7 Å². The van der Waals surface area contributed by atoms with Crippen LogP contribution in [0, 0.1) is 0 Å². The first-order valence-electron chi connectivity index (χ1n) is 19.5. The van der Waals surface area contributed by atoms with E-state index in [0.717, 1.165) is 66.5 Å². The van der Waals surface area contributed by atoms with Gasteiger partial charge in [0, 0.05) is 38.3 Å². The molecule has 0 N–H and O–H groups in total. The first kappa shape index (κ1) is 31.7. The van der Waals surface area contributed by atoms with Gasteiger partial charge >= 0.3 is 0 Å². The average Bonchev–Trinajstić information content (AvgIpc) is 3.84. The van der Waals surface area contributed by atoms with E-state index in [2.05, 4.69) is 216 Å². The Balaban J connectivity index is 1.14. The molecule has 0 atom stereocenters. The lowest BCUT2D eigenvalue weighted by Crippen LogP contribution is -2.10. The molecule has 0 fully saturated rings. The zero-order valence-electron chi connectivity index (χ0n) is 30.9. The maximum absolute atomic E-state index is 7.03. The molecule has 3 heteroatoms. The predicted octanol–water partition coefficient (Wildman–Crippen LogP) is 15.3. The predicted molar refractivity (Wildman–Crippen MR) is 241 cm³/mol. The fourth-order valence-corrected chi connectivity index (χ4v) is 9.22. The Labute approximate surface area is 328 Å². The number of fused-ring (bicyclic) bond motifs is 11. The van der Waals surface area contributed by atoms with Crippen molar-refractivity contribution in [1.82, 2.24) is 4.57 Å². The van der Waals surface area contributed by atoms with E-state index in [-0.39, 0.29) is 0 Å². The summed E-state index contributed by atoms with van der Waals surface area (Å²) in [7, 11) is 0. The van der Waals surface area contributed by atoms with Gasteiger partial charge in [0.2, 0.25) is 0 Å². The van der Waals surface area contributed by atoms with Crippen LogP contribution in [0.5, 0.6) is 0 Å². The smallest absolute Gasteiger partial charge is 0.159 e. The molecule has 0 saturated heterocycles. The summed E-state index contributed by atoms with van der Waals surface area (Å²) in [6, 6.07) is 74.4. The molecule has 0 spiro atoms. The highest BCUT2D eigenvalue weighted by molar-refractivity contribution is 6.20. The number of anilines is 3. The van der Waals surface area contributed by atoms with E-state index in [1.807, 2.05) is 0 Å². The second-order valence-corrected chi connectivity index (χ2v) is 14.9. The van der Waals surface area contributed by atoms with Gasteiger partial charge in [-0.3, -0.25) is 0 Å².